The molecule has 1 aliphatic rings. The van der Waals surface area contributed by atoms with Crippen molar-refractivity contribution in [2.24, 2.45) is 0 Å². The molecular weight excluding hydrogens is 398 g/mol. The molecule has 0 spiro atoms. The predicted molar refractivity (Wildman–Crippen MR) is 121 cm³/mol. The number of carbonyl (C=O) groups excluding carboxylic acids is 1. The third-order valence-electron chi connectivity index (χ3n) is 5.32. The van der Waals surface area contributed by atoms with Gasteiger partial charge in [0.1, 0.15) is 5.75 Å². The molecule has 6 nitrogen and oxygen atoms in total. The Morgan fingerprint density at radius 3 is 2.70 bits per heavy atom. The van der Waals surface area contributed by atoms with Gasteiger partial charge in [0.15, 0.2) is 5.13 Å². The van der Waals surface area contributed by atoms with Crippen LogP contribution in [0, 0.1) is 6.92 Å². The summed E-state index contributed by atoms with van der Waals surface area (Å²) in [5, 5.41) is 0.728. The predicted octanol–water partition coefficient (Wildman–Crippen LogP) is 3.98. The van der Waals surface area contributed by atoms with Gasteiger partial charge in [-0.05, 0) is 43.7 Å². The number of hydrogen-bond donors (Lipinski definition) is 0. The number of anilines is 1. The van der Waals surface area contributed by atoms with E-state index in [1.807, 2.05) is 54.3 Å². The van der Waals surface area contributed by atoms with E-state index < -0.39 is 0 Å². The molecule has 2 heterocycles. The van der Waals surface area contributed by atoms with E-state index in [-0.39, 0.29) is 5.91 Å². The Kier molecular flexibility index (Phi) is 6.62. The van der Waals surface area contributed by atoms with Crippen LogP contribution in [0.2, 0.25) is 0 Å². The van der Waals surface area contributed by atoms with Gasteiger partial charge in [-0.1, -0.05) is 29.0 Å². The Balaban J connectivity index is 1.57. The number of aryl methyl sites for hydroxylation is 1. The van der Waals surface area contributed by atoms with Crippen LogP contribution in [0.1, 0.15) is 22.3 Å². The fourth-order valence-electron chi connectivity index (χ4n) is 3.55. The van der Waals surface area contributed by atoms with Gasteiger partial charge in [-0.2, -0.15) is 0 Å². The Labute approximate surface area is 181 Å². The molecule has 158 valence electrons. The van der Waals surface area contributed by atoms with Crippen molar-refractivity contribution in [2.45, 2.75) is 13.3 Å². The van der Waals surface area contributed by atoms with Gasteiger partial charge in [0, 0.05) is 31.7 Å². The van der Waals surface area contributed by atoms with Crippen LogP contribution in [0.4, 0.5) is 5.13 Å². The summed E-state index contributed by atoms with van der Waals surface area (Å²) < 4.78 is 11.8. The first kappa shape index (κ1) is 20.8. The molecule has 0 radical (unpaired) electrons. The highest BCUT2D eigenvalue weighted by atomic mass is 32.1. The van der Waals surface area contributed by atoms with Gasteiger partial charge < -0.3 is 9.47 Å². The molecule has 1 aromatic heterocycles. The summed E-state index contributed by atoms with van der Waals surface area (Å²) in [5.74, 6) is 0.782. The summed E-state index contributed by atoms with van der Waals surface area (Å²) in [4.78, 5) is 22.3. The number of aromatic nitrogens is 1. The molecule has 1 amide bonds. The van der Waals surface area contributed by atoms with Crippen LogP contribution in [0.15, 0.2) is 42.5 Å². The second kappa shape index (κ2) is 9.55. The van der Waals surface area contributed by atoms with Crippen molar-refractivity contribution in [1.29, 1.82) is 0 Å². The number of benzene rings is 2. The van der Waals surface area contributed by atoms with E-state index in [0.717, 1.165) is 65.9 Å². The summed E-state index contributed by atoms with van der Waals surface area (Å²) in [6.07, 6.45) is 0.886. The Bertz CT molecular complexity index is 997. The summed E-state index contributed by atoms with van der Waals surface area (Å²) >= 11 is 1.53. The van der Waals surface area contributed by atoms with Crippen molar-refractivity contribution in [2.75, 3.05) is 51.4 Å². The molecule has 0 bridgehead atoms. The quantitative estimate of drug-likeness (QED) is 0.573. The summed E-state index contributed by atoms with van der Waals surface area (Å²) in [5.41, 5.74) is 2.70. The molecule has 3 aromatic rings. The molecule has 1 saturated heterocycles. The number of hydrogen-bond acceptors (Lipinski definition) is 6. The van der Waals surface area contributed by atoms with Gasteiger partial charge >= 0.3 is 0 Å². The van der Waals surface area contributed by atoms with Crippen LogP contribution in [0.5, 0.6) is 5.75 Å². The van der Waals surface area contributed by atoms with Crippen LogP contribution in [-0.4, -0.2) is 62.3 Å². The van der Waals surface area contributed by atoms with E-state index in [0.29, 0.717) is 12.1 Å². The highest BCUT2D eigenvalue weighted by Gasteiger charge is 2.22. The molecule has 1 fully saturated rings. The van der Waals surface area contributed by atoms with E-state index in [4.69, 9.17) is 14.5 Å². The highest BCUT2D eigenvalue weighted by molar-refractivity contribution is 7.22. The zero-order valence-electron chi connectivity index (χ0n) is 17.5. The zero-order valence-corrected chi connectivity index (χ0v) is 18.3. The average Bonchev–Trinajstić information content (AvgIpc) is 3.20. The van der Waals surface area contributed by atoms with Crippen LogP contribution in [0.25, 0.3) is 10.2 Å². The Morgan fingerprint density at radius 1 is 1.20 bits per heavy atom. The van der Waals surface area contributed by atoms with E-state index in [9.17, 15) is 4.79 Å². The number of fused-ring (bicyclic) bond motifs is 1. The SMILES string of the molecule is COc1ccc2nc(N(CCCN3CCOCC3)C(=O)c3ccc(C)cc3)sc2c1. The molecular formula is C23H27N3O3S. The third kappa shape index (κ3) is 4.80. The summed E-state index contributed by atoms with van der Waals surface area (Å²) in [6.45, 7) is 7.06. The summed E-state index contributed by atoms with van der Waals surface area (Å²) in [6, 6.07) is 13.5. The first-order chi connectivity index (χ1) is 14.6. The van der Waals surface area contributed by atoms with Crippen molar-refractivity contribution in [3.05, 3.63) is 53.6 Å². The molecule has 2 aromatic carbocycles. The molecule has 1 aliphatic heterocycles. The molecule has 0 aliphatic carbocycles. The maximum atomic E-state index is 13.4. The van der Waals surface area contributed by atoms with Crippen LogP contribution < -0.4 is 9.64 Å². The van der Waals surface area contributed by atoms with E-state index in [1.54, 1.807) is 7.11 Å². The first-order valence-electron chi connectivity index (χ1n) is 10.3. The van der Waals surface area contributed by atoms with Gasteiger partial charge in [0.2, 0.25) is 0 Å². The monoisotopic (exact) mass is 425 g/mol. The zero-order chi connectivity index (χ0) is 20.9. The molecule has 7 heteroatoms. The fourth-order valence-corrected chi connectivity index (χ4v) is 4.57. The lowest BCUT2D eigenvalue weighted by Crippen LogP contribution is -2.39. The number of ether oxygens (including phenoxy) is 2. The molecule has 30 heavy (non-hydrogen) atoms. The second-order valence-electron chi connectivity index (χ2n) is 7.46. The lowest BCUT2D eigenvalue weighted by atomic mass is 10.1. The Morgan fingerprint density at radius 2 is 1.97 bits per heavy atom. The number of morpholine rings is 1. The van der Waals surface area contributed by atoms with Crippen LogP contribution in [-0.2, 0) is 4.74 Å². The van der Waals surface area contributed by atoms with E-state index >= 15 is 0 Å². The number of methoxy groups -OCH3 is 1. The van der Waals surface area contributed by atoms with Gasteiger partial charge in [0.05, 0.1) is 30.5 Å². The second-order valence-corrected chi connectivity index (χ2v) is 8.47. The van der Waals surface area contributed by atoms with Gasteiger partial charge in [-0.25, -0.2) is 4.98 Å². The average molecular weight is 426 g/mol. The Hall–Kier alpha value is -2.48. The largest absolute Gasteiger partial charge is 0.497 e. The normalized spacial score (nSPS) is 14.7. The van der Waals surface area contributed by atoms with Crippen molar-refractivity contribution in [3.63, 3.8) is 0 Å². The molecule has 0 unspecified atom stereocenters. The van der Waals surface area contributed by atoms with Crippen molar-refractivity contribution in [3.8, 4) is 5.75 Å². The highest BCUT2D eigenvalue weighted by Crippen LogP contribution is 2.32. The van der Waals surface area contributed by atoms with Crippen molar-refractivity contribution < 1.29 is 14.3 Å². The molecule has 0 saturated carbocycles. The molecule has 0 atom stereocenters. The minimum atomic E-state index is -0.0111. The maximum absolute atomic E-state index is 13.4. The van der Waals surface area contributed by atoms with Gasteiger partial charge in [-0.3, -0.25) is 14.6 Å². The van der Waals surface area contributed by atoms with Crippen molar-refractivity contribution in [1.82, 2.24) is 9.88 Å². The lowest BCUT2D eigenvalue weighted by molar-refractivity contribution is 0.0376. The van der Waals surface area contributed by atoms with Gasteiger partial charge in [-0.15, -0.1) is 0 Å². The number of amides is 1. The minimum absolute atomic E-state index is 0.0111. The minimum Gasteiger partial charge on any atom is -0.497 e. The lowest BCUT2D eigenvalue weighted by Gasteiger charge is -2.27. The smallest absolute Gasteiger partial charge is 0.260 e. The number of rotatable bonds is 7. The van der Waals surface area contributed by atoms with E-state index in [2.05, 4.69) is 4.90 Å². The standard InChI is InChI=1S/C23H27N3O3S/c1-17-4-6-18(7-5-17)22(27)26(11-3-10-25-12-14-29-15-13-25)23-24-20-9-8-19(28-2)16-21(20)30-23/h4-9,16H,3,10-15H2,1-2H3. The topological polar surface area (TPSA) is 54.9 Å². The summed E-state index contributed by atoms with van der Waals surface area (Å²) in [7, 11) is 1.65. The molecule has 0 N–H and O–H groups in total. The third-order valence-corrected chi connectivity index (χ3v) is 6.36. The van der Waals surface area contributed by atoms with Gasteiger partial charge in [0.25, 0.3) is 5.91 Å². The number of carbonyl (C=O) groups is 1. The molecule has 4 rings (SSSR count). The van der Waals surface area contributed by atoms with Crippen LogP contribution >= 0.6 is 11.3 Å². The van der Waals surface area contributed by atoms with Crippen LogP contribution in [0.3, 0.4) is 0 Å². The maximum Gasteiger partial charge on any atom is 0.260 e. The van der Waals surface area contributed by atoms with Crippen molar-refractivity contribution >= 4 is 32.6 Å². The van der Waals surface area contributed by atoms with E-state index in [1.165, 1.54) is 11.3 Å². The fraction of sp³-hybridized carbons (Fsp3) is 0.391. The number of nitrogens with zero attached hydrogens (tertiary/aromatic N) is 3. The number of thiazole rings is 1. The first-order valence-corrected chi connectivity index (χ1v) is 11.1.